The van der Waals surface area contributed by atoms with Crippen LogP contribution < -0.4 is 4.57 Å². The number of hydrogen-bond donors (Lipinski definition) is 0. The number of hydrogen-bond acceptors (Lipinski definition) is 1. The summed E-state index contributed by atoms with van der Waals surface area (Å²) in [6.45, 7) is 11.1. The Labute approximate surface area is 198 Å². The molecule has 0 radical (unpaired) electrons. The lowest BCUT2D eigenvalue weighted by molar-refractivity contribution is -0.659. The molecule has 33 heavy (non-hydrogen) atoms. The molecule has 0 aliphatic heterocycles. The van der Waals surface area contributed by atoms with Gasteiger partial charge >= 0.3 is 0 Å². The van der Waals surface area contributed by atoms with Gasteiger partial charge < -0.3 is 0 Å². The third-order valence-corrected chi connectivity index (χ3v) is 7.80. The molecule has 4 heteroatoms. The van der Waals surface area contributed by atoms with Crippen LogP contribution in [0.1, 0.15) is 56.2 Å². The minimum absolute atomic E-state index is 0.200. The van der Waals surface area contributed by atoms with Crippen molar-refractivity contribution in [3.8, 4) is 17.1 Å². The largest absolute Gasteiger partial charge is 0.294 e. The molecular weight excluding hydrogens is 427 g/mol. The predicted molar refractivity (Wildman–Crippen MR) is 138 cm³/mol. The average molecular weight is 458 g/mol. The Morgan fingerprint density at radius 1 is 0.939 bits per heavy atom. The molecule has 3 aromatic carbocycles. The van der Waals surface area contributed by atoms with Gasteiger partial charge in [-0.1, -0.05) is 45.9 Å². The molecule has 0 unspecified atom stereocenters. The SMILES string of the molecule is Cc1cc(F)ccc1-c1n(-c2c(C(C)C)cc3c(sc4ccccc43)c2C(C)C)cc[n+]1C. The summed E-state index contributed by atoms with van der Waals surface area (Å²) in [4.78, 5) is 0. The van der Waals surface area contributed by atoms with Gasteiger partial charge in [-0.2, -0.15) is 4.57 Å². The fraction of sp³-hybridized carbons (Fsp3) is 0.276. The van der Waals surface area contributed by atoms with E-state index in [1.807, 2.05) is 24.3 Å². The van der Waals surface area contributed by atoms with Gasteiger partial charge in [0, 0.05) is 31.3 Å². The summed E-state index contributed by atoms with van der Waals surface area (Å²) in [7, 11) is 2.07. The van der Waals surface area contributed by atoms with Crippen molar-refractivity contribution in [2.45, 2.75) is 46.5 Å². The molecule has 5 rings (SSSR count). The van der Waals surface area contributed by atoms with Gasteiger partial charge in [0.05, 0.1) is 12.6 Å². The number of imidazole rings is 1. The van der Waals surface area contributed by atoms with Gasteiger partial charge in [-0.25, -0.2) is 8.96 Å². The van der Waals surface area contributed by atoms with Gasteiger partial charge in [-0.15, -0.1) is 11.3 Å². The van der Waals surface area contributed by atoms with Crippen molar-refractivity contribution in [3.63, 3.8) is 0 Å². The second-order valence-electron chi connectivity index (χ2n) is 9.57. The highest BCUT2D eigenvalue weighted by atomic mass is 32.1. The number of fused-ring (bicyclic) bond motifs is 3. The summed E-state index contributed by atoms with van der Waals surface area (Å²) >= 11 is 1.89. The molecule has 2 aromatic heterocycles. The molecular formula is C29H30FN2S+. The van der Waals surface area contributed by atoms with E-state index in [-0.39, 0.29) is 5.82 Å². The molecule has 0 atom stereocenters. The van der Waals surface area contributed by atoms with E-state index < -0.39 is 0 Å². The van der Waals surface area contributed by atoms with Gasteiger partial charge in [0.1, 0.15) is 23.9 Å². The van der Waals surface area contributed by atoms with Crippen LogP contribution in [0.15, 0.2) is 60.9 Å². The Hall–Kier alpha value is -2.98. The monoisotopic (exact) mass is 457 g/mol. The standard InChI is InChI=1S/C29H30FN2S/c1-17(2)23-16-24-22-9-7-8-10-25(22)33-28(24)26(18(3)4)27(23)32-14-13-31(6)29(32)21-12-11-20(30)15-19(21)5/h7-18H,1-6H3/q+1. The average Bonchev–Trinajstić information content (AvgIpc) is 3.32. The Bertz CT molecular complexity index is 1500. The molecule has 2 heterocycles. The van der Waals surface area contributed by atoms with Gasteiger partial charge in [0.2, 0.25) is 0 Å². The fourth-order valence-corrected chi connectivity index (χ4v) is 6.37. The van der Waals surface area contributed by atoms with E-state index in [1.165, 1.54) is 37.0 Å². The minimum atomic E-state index is -0.200. The van der Waals surface area contributed by atoms with Crippen LogP contribution in [0.3, 0.4) is 0 Å². The van der Waals surface area contributed by atoms with Crippen molar-refractivity contribution in [1.29, 1.82) is 0 Å². The number of aromatic nitrogens is 2. The number of nitrogens with zero attached hydrogens (tertiary/aromatic N) is 2. The highest BCUT2D eigenvalue weighted by molar-refractivity contribution is 7.26. The molecule has 0 amide bonds. The van der Waals surface area contributed by atoms with Crippen LogP contribution in [0.4, 0.5) is 4.39 Å². The van der Waals surface area contributed by atoms with E-state index in [1.54, 1.807) is 12.1 Å². The summed E-state index contributed by atoms with van der Waals surface area (Å²) in [6, 6.07) is 16.2. The summed E-state index contributed by atoms with van der Waals surface area (Å²) in [6.07, 6.45) is 4.26. The topological polar surface area (TPSA) is 8.81 Å². The second-order valence-corrected chi connectivity index (χ2v) is 10.6. The molecule has 5 aromatic rings. The maximum Gasteiger partial charge on any atom is 0.294 e. The highest BCUT2D eigenvalue weighted by Gasteiger charge is 2.29. The lowest BCUT2D eigenvalue weighted by Crippen LogP contribution is -2.29. The molecule has 168 valence electrons. The molecule has 0 N–H and O–H groups in total. The molecule has 0 aliphatic carbocycles. The fourth-order valence-electron chi connectivity index (χ4n) is 5.00. The van der Waals surface area contributed by atoms with Gasteiger partial charge in [0.25, 0.3) is 5.82 Å². The van der Waals surface area contributed by atoms with Crippen molar-refractivity contribution in [2.75, 3.05) is 0 Å². The van der Waals surface area contributed by atoms with Crippen LogP contribution in [0.2, 0.25) is 0 Å². The Morgan fingerprint density at radius 3 is 2.39 bits per heavy atom. The van der Waals surface area contributed by atoms with E-state index in [9.17, 15) is 4.39 Å². The molecule has 0 bridgehead atoms. The van der Waals surface area contributed by atoms with E-state index in [0.29, 0.717) is 11.8 Å². The van der Waals surface area contributed by atoms with E-state index in [4.69, 9.17) is 0 Å². The van der Waals surface area contributed by atoms with Crippen molar-refractivity contribution < 1.29 is 8.96 Å². The van der Waals surface area contributed by atoms with Crippen molar-refractivity contribution in [1.82, 2.24) is 4.57 Å². The number of rotatable bonds is 4. The minimum Gasteiger partial charge on any atom is -0.232 e. The first kappa shape index (κ1) is 21.8. The molecule has 0 saturated carbocycles. The van der Waals surface area contributed by atoms with Crippen molar-refractivity contribution in [3.05, 3.63) is 83.4 Å². The molecule has 0 fully saturated rings. The normalized spacial score (nSPS) is 12.0. The number of benzene rings is 3. The summed E-state index contributed by atoms with van der Waals surface area (Å²) in [5.41, 5.74) is 5.97. The lowest BCUT2D eigenvalue weighted by atomic mass is 9.90. The second kappa shape index (κ2) is 8.11. The quantitative estimate of drug-likeness (QED) is 0.242. The Morgan fingerprint density at radius 2 is 1.70 bits per heavy atom. The summed E-state index contributed by atoms with van der Waals surface area (Å²) < 4.78 is 21.1. The maximum atomic E-state index is 13.9. The van der Waals surface area contributed by atoms with Crippen LogP contribution in [0.25, 0.3) is 37.2 Å². The molecule has 0 spiro atoms. The third kappa shape index (κ3) is 3.48. The Kier molecular flexibility index (Phi) is 5.37. The maximum absolute atomic E-state index is 13.9. The van der Waals surface area contributed by atoms with Crippen molar-refractivity contribution in [2.24, 2.45) is 7.05 Å². The van der Waals surface area contributed by atoms with Crippen LogP contribution >= 0.6 is 11.3 Å². The zero-order valence-corrected chi connectivity index (χ0v) is 20.9. The number of halogens is 1. The summed E-state index contributed by atoms with van der Waals surface area (Å²) in [5.74, 6) is 1.57. The molecule has 2 nitrogen and oxygen atoms in total. The zero-order valence-electron chi connectivity index (χ0n) is 20.1. The predicted octanol–water partition coefficient (Wildman–Crippen LogP) is 8.03. The van der Waals surface area contributed by atoms with Gasteiger partial charge in [0.15, 0.2) is 0 Å². The van der Waals surface area contributed by atoms with Gasteiger partial charge in [-0.05, 0) is 54.7 Å². The lowest BCUT2D eigenvalue weighted by Gasteiger charge is -2.19. The molecule has 0 aliphatic rings. The molecule has 0 saturated heterocycles. The first-order valence-electron chi connectivity index (χ1n) is 11.6. The van der Waals surface area contributed by atoms with Crippen LogP contribution in [0.5, 0.6) is 0 Å². The van der Waals surface area contributed by atoms with Crippen LogP contribution in [-0.4, -0.2) is 4.57 Å². The Balaban J connectivity index is 1.92. The smallest absolute Gasteiger partial charge is 0.232 e. The van der Waals surface area contributed by atoms with Crippen molar-refractivity contribution >= 4 is 31.5 Å². The van der Waals surface area contributed by atoms with Crippen LogP contribution in [0, 0.1) is 12.7 Å². The highest BCUT2D eigenvalue weighted by Crippen LogP contribution is 2.45. The third-order valence-electron chi connectivity index (χ3n) is 6.58. The van der Waals surface area contributed by atoms with Gasteiger partial charge in [-0.3, -0.25) is 0 Å². The van der Waals surface area contributed by atoms with Crippen LogP contribution in [-0.2, 0) is 7.05 Å². The first-order chi connectivity index (χ1) is 15.8. The van der Waals surface area contributed by atoms with E-state index in [2.05, 4.69) is 86.6 Å². The number of aryl methyl sites for hydroxylation is 2. The zero-order chi connectivity index (χ0) is 23.4. The van der Waals surface area contributed by atoms with E-state index >= 15 is 0 Å². The van der Waals surface area contributed by atoms with E-state index in [0.717, 1.165) is 17.0 Å². The summed E-state index contributed by atoms with van der Waals surface area (Å²) in [5, 5.41) is 2.68. The first-order valence-corrected chi connectivity index (χ1v) is 12.4. The number of thiophene rings is 1.